The molecule has 14 heteroatoms. The first kappa shape index (κ1) is 30.6. The first-order valence-corrected chi connectivity index (χ1v) is 14.1. The van der Waals surface area contributed by atoms with E-state index >= 15 is 0 Å². The van der Waals surface area contributed by atoms with E-state index in [1.807, 2.05) is 4.90 Å². The van der Waals surface area contributed by atoms with Crippen molar-refractivity contribution in [3.63, 3.8) is 0 Å². The number of aromatic nitrogens is 5. The predicted octanol–water partition coefficient (Wildman–Crippen LogP) is 4.71. The summed E-state index contributed by atoms with van der Waals surface area (Å²) in [5, 5.41) is 13.6. The van der Waals surface area contributed by atoms with Crippen LogP contribution in [0.4, 0.5) is 30.4 Å². The number of anilines is 3. The Morgan fingerprint density at radius 1 is 0.955 bits per heavy atom. The average molecular weight is 608 g/mol. The van der Waals surface area contributed by atoms with E-state index in [1.54, 1.807) is 43.6 Å². The molecule has 11 nitrogen and oxygen atoms in total. The SMILES string of the molecule is CCN1CCN(c2cc(NC(=O)c3cnc(C)c(-n4cc(-c5ccc(NC(C)=O)nc5)nn4)c3)cc(C(F)(F)F)c2C)CC1. The second-order valence-corrected chi connectivity index (χ2v) is 10.5. The number of halogens is 3. The molecule has 44 heavy (non-hydrogen) atoms. The Morgan fingerprint density at radius 3 is 2.34 bits per heavy atom. The lowest BCUT2D eigenvalue weighted by molar-refractivity contribution is -0.138. The predicted molar refractivity (Wildman–Crippen MR) is 160 cm³/mol. The lowest BCUT2D eigenvalue weighted by Gasteiger charge is -2.37. The maximum Gasteiger partial charge on any atom is 0.416 e. The van der Waals surface area contributed by atoms with Crippen molar-refractivity contribution in [1.29, 1.82) is 0 Å². The second kappa shape index (κ2) is 12.4. The Morgan fingerprint density at radius 2 is 1.70 bits per heavy atom. The molecule has 0 atom stereocenters. The topological polar surface area (TPSA) is 121 Å². The fourth-order valence-electron chi connectivity index (χ4n) is 5.09. The Bertz CT molecular complexity index is 1680. The maximum absolute atomic E-state index is 14.0. The number of nitrogens with zero attached hydrogens (tertiary/aromatic N) is 7. The third-order valence-corrected chi connectivity index (χ3v) is 7.53. The fraction of sp³-hybridized carbons (Fsp3) is 0.333. The van der Waals surface area contributed by atoms with Crippen molar-refractivity contribution in [2.24, 2.45) is 0 Å². The van der Waals surface area contributed by atoms with E-state index in [0.717, 1.165) is 25.7 Å². The zero-order chi connectivity index (χ0) is 31.6. The number of carbonyl (C=O) groups is 2. The van der Waals surface area contributed by atoms with E-state index < -0.39 is 17.6 Å². The molecule has 4 heterocycles. The molecule has 1 saturated heterocycles. The van der Waals surface area contributed by atoms with Crippen molar-refractivity contribution in [3.05, 3.63) is 71.3 Å². The summed E-state index contributed by atoms with van der Waals surface area (Å²) in [4.78, 5) is 37.3. The van der Waals surface area contributed by atoms with Crippen LogP contribution in [-0.4, -0.2) is 74.4 Å². The number of aryl methyl sites for hydroxylation is 1. The van der Waals surface area contributed by atoms with E-state index in [-0.39, 0.29) is 22.7 Å². The number of piperazine rings is 1. The Labute approximate surface area is 252 Å². The molecular weight excluding hydrogens is 575 g/mol. The van der Waals surface area contributed by atoms with Gasteiger partial charge in [0.15, 0.2) is 0 Å². The van der Waals surface area contributed by atoms with Crippen molar-refractivity contribution in [2.45, 2.75) is 33.9 Å². The third kappa shape index (κ3) is 6.70. The van der Waals surface area contributed by atoms with Gasteiger partial charge in [0, 0.05) is 62.4 Å². The van der Waals surface area contributed by atoms with Crippen LogP contribution in [0.5, 0.6) is 0 Å². The van der Waals surface area contributed by atoms with Crippen LogP contribution in [0.15, 0.2) is 48.9 Å². The molecule has 1 aliphatic heterocycles. The van der Waals surface area contributed by atoms with E-state index in [1.165, 1.54) is 24.7 Å². The Hall–Kier alpha value is -4.85. The molecule has 0 unspecified atom stereocenters. The highest BCUT2D eigenvalue weighted by atomic mass is 19.4. The number of nitrogens with one attached hydrogen (secondary N) is 2. The van der Waals surface area contributed by atoms with Crippen molar-refractivity contribution in [3.8, 4) is 16.9 Å². The van der Waals surface area contributed by atoms with E-state index in [0.29, 0.717) is 47.2 Å². The zero-order valence-electron chi connectivity index (χ0n) is 24.7. The fourth-order valence-corrected chi connectivity index (χ4v) is 5.09. The van der Waals surface area contributed by atoms with Crippen molar-refractivity contribution >= 4 is 29.0 Å². The van der Waals surface area contributed by atoms with Gasteiger partial charge in [-0.15, -0.1) is 5.10 Å². The van der Waals surface area contributed by atoms with Crippen LogP contribution in [0.2, 0.25) is 0 Å². The summed E-state index contributed by atoms with van der Waals surface area (Å²) in [6, 6.07) is 7.49. The normalized spacial score (nSPS) is 14.0. The van der Waals surface area contributed by atoms with Gasteiger partial charge in [-0.3, -0.25) is 14.6 Å². The third-order valence-electron chi connectivity index (χ3n) is 7.53. The molecule has 2 amide bonds. The lowest BCUT2D eigenvalue weighted by atomic mass is 10.0. The number of hydrogen-bond acceptors (Lipinski definition) is 8. The van der Waals surface area contributed by atoms with Gasteiger partial charge in [0.2, 0.25) is 5.91 Å². The van der Waals surface area contributed by atoms with Gasteiger partial charge in [0.25, 0.3) is 5.91 Å². The quantitative estimate of drug-likeness (QED) is 0.310. The smallest absolute Gasteiger partial charge is 0.369 e. The summed E-state index contributed by atoms with van der Waals surface area (Å²) < 4.78 is 43.6. The van der Waals surface area contributed by atoms with Gasteiger partial charge < -0.3 is 20.4 Å². The van der Waals surface area contributed by atoms with Gasteiger partial charge in [-0.25, -0.2) is 9.67 Å². The number of benzene rings is 1. The molecule has 4 aromatic rings. The molecule has 230 valence electrons. The van der Waals surface area contributed by atoms with Crippen LogP contribution in [0.3, 0.4) is 0 Å². The van der Waals surface area contributed by atoms with Crippen LogP contribution >= 0.6 is 0 Å². The van der Waals surface area contributed by atoms with Crippen molar-refractivity contribution in [1.82, 2.24) is 29.9 Å². The number of hydrogen-bond donors (Lipinski definition) is 2. The highest BCUT2D eigenvalue weighted by molar-refractivity contribution is 6.04. The van der Waals surface area contributed by atoms with Gasteiger partial charge in [-0.1, -0.05) is 12.1 Å². The van der Waals surface area contributed by atoms with Gasteiger partial charge in [0.05, 0.1) is 28.7 Å². The molecule has 0 spiro atoms. The number of amides is 2. The monoisotopic (exact) mass is 607 g/mol. The minimum atomic E-state index is -4.59. The summed E-state index contributed by atoms with van der Waals surface area (Å²) in [6.07, 6.45) is -0.0430. The number of likely N-dealkylation sites (N-methyl/N-ethyl adjacent to an activating group) is 1. The first-order chi connectivity index (χ1) is 20.9. The van der Waals surface area contributed by atoms with Gasteiger partial charge >= 0.3 is 6.18 Å². The minimum Gasteiger partial charge on any atom is -0.369 e. The van der Waals surface area contributed by atoms with Gasteiger partial charge in [-0.2, -0.15) is 13.2 Å². The van der Waals surface area contributed by atoms with Crippen molar-refractivity contribution in [2.75, 3.05) is 48.3 Å². The van der Waals surface area contributed by atoms with Crippen LogP contribution in [0.25, 0.3) is 16.9 Å². The standard InChI is InChI=1S/C30H32F3N9O2/c1-5-40-8-10-41(11-9-40)26-14-23(13-24(18(26)2)30(31,32)33)37-29(44)22-12-27(19(3)34-16-22)42-17-25(38-39-42)21-6-7-28(35-15-21)36-20(4)43/h6-7,12-17H,5,8-11H2,1-4H3,(H,37,44)(H,35,36,43). The molecule has 3 aromatic heterocycles. The first-order valence-electron chi connectivity index (χ1n) is 14.1. The number of alkyl halides is 3. The zero-order valence-corrected chi connectivity index (χ0v) is 24.7. The van der Waals surface area contributed by atoms with E-state index in [9.17, 15) is 22.8 Å². The summed E-state index contributed by atoms with van der Waals surface area (Å²) in [7, 11) is 0. The molecule has 5 rings (SSSR count). The van der Waals surface area contributed by atoms with Crippen LogP contribution in [0, 0.1) is 13.8 Å². The van der Waals surface area contributed by atoms with Crippen LogP contribution < -0.4 is 15.5 Å². The summed E-state index contributed by atoms with van der Waals surface area (Å²) in [5.41, 5.74) is 2.13. The summed E-state index contributed by atoms with van der Waals surface area (Å²) in [6.45, 7) is 10.2. The Balaban J connectivity index is 1.39. The molecule has 0 saturated carbocycles. The molecule has 1 aliphatic rings. The van der Waals surface area contributed by atoms with Gasteiger partial charge in [0.1, 0.15) is 11.5 Å². The molecule has 0 bridgehead atoms. The largest absolute Gasteiger partial charge is 0.416 e. The lowest BCUT2D eigenvalue weighted by Crippen LogP contribution is -2.46. The molecular formula is C30H32F3N9O2. The molecule has 1 fully saturated rings. The van der Waals surface area contributed by atoms with Crippen molar-refractivity contribution < 1.29 is 22.8 Å². The Kier molecular flexibility index (Phi) is 8.63. The molecule has 1 aromatic carbocycles. The van der Waals surface area contributed by atoms with E-state index in [4.69, 9.17) is 0 Å². The second-order valence-electron chi connectivity index (χ2n) is 10.5. The molecule has 0 radical (unpaired) electrons. The van der Waals surface area contributed by atoms with Crippen LogP contribution in [0.1, 0.15) is 41.0 Å². The number of pyridine rings is 2. The van der Waals surface area contributed by atoms with Crippen LogP contribution in [-0.2, 0) is 11.0 Å². The number of carbonyl (C=O) groups excluding carboxylic acids is 2. The summed E-state index contributed by atoms with van der Waals surface area (Å²) in [5.74, 6) is -0.456. The molecule has 0 aliphatic carbocycles. The highest BCUT2D eigenvalue weighted by Gasteiger charge is 2.35. The number of rotatable bonds is 7. The molecule has 2 N–H and O–H groups in total. The minimum absolute atomic E-state index is 0.0428. The summed E-state index contributed by atoms with van der Waals surface area (Å²) >= 11 is 0. The average Bonchev–Trinajstić information content (AvgIpc) is 3.48. The van der Waals surface area contributed by atoms with Gasteiger partial charge in [-0.05, 0) is 56.3 Å². The van der Waals surface area contributed by atoms with E-state index in [2.05, 4.69) is 42.7 Å². The maximum atomic E-state index is 14.0. The highest BCUT2D eigenvalue weighted by Crippen LogP contribution is 2.39.